The highest BCUT2D eigenvalue weighted by atomic mass is 16.6. The Morgan fingerprint density at radius 2 is 1.33 bits per heavy atom. The van der Waals surface area contributed by atoms with Gasteiger partial charge in [0, 0.05) is 32.7 Å². The van der Waals surface area contributed by atoms with E-state index in [2.05, 4.69) is 16.1 Å². The number of amides is 2. The summed E-state index contributed by atoms with van der Waals surface area (Å²) < 4.78 is 0. The first-order chi connectivity index (χ1) is 23.0. The van der Waals surface area contributed by atoms with Gasteiger partial charge in [0.1, 0.15) is 0 Å². The van der Waals surface area contributed by atoms with Crippen LogP contribution in [0.1, 0.15) is 31.2 Å². The molecule has 2 rings (SSSR count). The highest BCUT2D eigenvalue weighted by Crippen LogP contribution is 2.19. The van der Waals surface area contributed by atoms with E-state index in [4.69, 9.17) is 25.9 Å². The predicted octanol–water partition coefficient (Wildman–Crippen LogP) is 0.395. The lowest BCUT2D eigenvalue weighted by Gasteiger charge is -2.25. The van der Waals surface area contributed by atoms with Crippen LogP contribution < -0.4 is 21.8 Å². The summed E-state index contributed by atoms with van der Waals surface area (Å²) in [5.74, 6) is -4.01. The molecule has 48 heavy (non-hydrogen) atoms. The molecular weight excluding hydrogens is 624 g/mol. The Labute approximate surface area is 280 Å². The number of unbranched alkanes of at least 4 members (excludes halogenated alkanes) is 3. The van der Waals surface area contributed by atoms with Gasteiger partial charge in [0.25, 0.3) is 5.91 Å². The van der Waals surface area contributed by atoms with E-state index in [0.717, 1.165) is 36.0 Å². The second kappa shape index (κ2) is 23.0. The Kier molecular flexibility index (Phi) is 19.1. The fourth-order valence-electron chi connectivity index (χ4n) is 4.73. The lowest BCUT2D eigenvalue weighted by Crippen LogP contribution is -2.45. The van der Waals surface area contributed by atoms with Crippen molar-refractivity contribution in [3.05, 3.63) is 60.2 Å². The van der Waals surface area contributed by atoms with Gasteiger partial charge >= 0.3 is 17.9 Å². The molecule has 0 saturated carbocycles. The number of carboxylic acids is 3. The normalized spacial score (nSPS) is 11.7. The van der Waals surface area contributed by atoms with E-state index in [1.807, 2.05) is 54.6 Å². The largest absolute Gasteiger partial charge is 0.480 e. The minimum Gasteiger partial charge on any atom is -0.480 e. The van der Waals surface area contributed by atoms with Crippen LogP contribution in [0.3, 0.4) is 0 Å². The number of hydrogen-bond acceptors (Lipinski definition) is 10. The molecule has 2 aromatic rings. The third-order valence-electron chi connectivity index (χ3n) is 7.22. The number of hydrogen-bond donors (Lipinski definition) is 7. The monoisotopic (exact) mass is 672 g/mol. The van der Waals surface area contributed by atoms with Crippen LogP contribution in [0.25, 0.3) is 11.1 Å². The Balaban J connectivity index is 1.60. The Hall–Kier alpha value is -4.41. The smallest absolute Gasteiger partial charge is 0.317 e. The molecule has 0 heterocycles. The number of carbonyl (C=O) groups excluding carboxylic acids is 2. The van der Waals surface area contributed by atoms with Crippen LogP contribution in [-0.2, 0) is 35.2 Å². The zero-order chi connectivity index (χ0) is 35.1. The second-order valence-electron chi connectivity index (χ2n) is 11.3. The van der Waals surface area contributed by atoms with Gasteiger partial charge in [-0.25, -0.2) is 5.48 Å². The van der Waals surface area contributed by atoms with Gasteiger partial charge in [-0.2, -0.15) is 0 Å². The van der Waals surface area contributed by atoms with Gasteiger partial charge < -0.3 is 31.7 Å². The van der Waals surface area contributed by atoms with Crippen molar-refractivity contribution >= 4 is 29.7 Å². The van der Waals surface area contributed by atoms with Crippen LogP contribution in [0, 0.1) is 0 Å². The molecule has 2 amide bonds. The average Bonchev–Trinajstić information content (AvgIpc) is 3.04. The van der Waals surface area contributed by atoms with E-state index < -0.39 is 42.9 Å². The Bertz CT molecular complexity index is 1260. The summed E-state index contributed by atoms with van der Waals surface area (Å²) in [5.41, 5.74) is 11.6. The molecule has 0 aliphatic heterocycles. The van der Waals surface area contributed by atoms with Crippen LogP contribution in [-0.4, -0.2) is 126 Å². The summed E-state index contributed by atoms with van der Waals surface area (Å²) in [6.45, 7) is 0.465. The third kappa shape index (κ3) is 18.1. The van der Waals surface area contributed by atoms with Gasteiger partial charge in [-0.3, -0.25) is 38.6 Å². The number of nitrogens with one attached hydrogen (secondary N) is 3. The molecular formula is C33H48N6O9. The predicted molar refractivity (Wildman–Crippen MR) is 178 cm³/mol. The molecule has 15 nitrogen and oxygen atoms in total. The molecule has 0 aliphatic rings. The molecule has 15 heteroatoms. The van der Waals surface area contributed by atoms with E-state index in [9.17, 15) is 24.0 Å². The molecule has 2 aromatic carbocycles. The summed E-state index contributed by atoms with van der Waals surface area (Å²) >= 11 is 0. The first-order valence-electron chi connectivity index (χ1n) is 15.9. The molecule has 0 fully saturated rings. The fraction of sp³-hybridized carbons (Fsp3) is 0.485. The molecule has 264 valence electrons. The summed E-state index contributed by atoms with van der Waals surface area (Å²) in [6, 6.07) is 17.2. The van der Waals surface area contributed by atoms with Crippen molar-refractivity contribution in [2.45, 2.75) is 38.1 Å². The molecule has 0 unspecified atom stereocenters. The van der Waals surface area contributed by atoms with E-state index in [1.54, 1.807) is 4.90 Å². The van der Waals surface area contributed by atoms with Crippen molar-refractivity contribution in [2.75, 3.05) is 65.5 Å². The Morgan fingerprint density at radius 1 is 0.708 bits per heavy atom. The minimum absolute atomic E-state index is 0.0165. The molecule has 8 N–H and O–H groups in total. The van der Waals surface area contributed by atoms with E-state index in [1.165, 1.54) is 4.90 Å². The summed E-state index contributed by atoms with van der Waals surface area (Å²) in [7, 11) is 0. The van der Waals surface area contributed by atoms with Crippen molar-refractivity contribution in [1.82, 2.24) is 25.9 Å². The average molecular weight is 673 g/mol. The minimum atomic E-state index is -1.17. The lowest BCUT2D eigenvalue weighted by atomic mass is 10.0. The highest BCUT2D eigenvalue weighted by molar-refractivity contribution is 5.81. The van der Waals surface area contributed by atoms with Crippen LogP contribution in [0.5, 0.6) is 0 Å². The Morgan fingerprint density at radius 3 is 1.98 bits per heavy atom. The number of nitrogens with zero attached hydrogens (tertiary/aromatic N) is 2. The number of carbonyl (C=O) groups is 5. The molecule has 0 bridgehead atoms. The quantitative estimate of drug-likeness (QED) is 0.0532. The molecule has 0 saturated heterocycles. The zero-order valence-electron chi connectivity index (χ0n) is 27.1. The summed E-state index contributed by atoms with van der Waals surface area (Å²) in [4.78, 5) is 66.0. The highest BCUT2D eigenvalue weighted by Gasteiger charge is 2.17. The lowest BCUT2D eigenvalue weighted by molar-refractivity contribution is -0.142. The van der Waals surface area contributed by atoms with Gasteiger partial charge in [-0.15, -0.1) is 0 Å². The maximum Gasteiger partial charge on any atom is 0.317 e. The van der Waals surface area contributed by atoms with E-state index in [0.29, 0.717) is 32.5 Å². The molecule has 0 radical (unpaired) electrons. The summed E-state index contributed by atoms with van der Waals surface area (Å²) in [5, 5.41) is 32.5. The van der Waals surface area contributed by atoms with Gasteiger partial charge in [-0.1, -0.05) is 67.4 Å². The topological polar surface area (TPSA) is 224 Å². The van der Waals surface area contributed by atoms with Gasteiger partial charge in [0.05, 0.1) is 38.8 Å². The maximum absolute atomic E-state index is 12.5. The number of aliphatic carboxylic acids is 3. The summed E-state index contributed by atoms with van der Waals surface area (Å²) in [6.07, 6.45) is 3.43. The SMILES string of the molecule is N[C@H](Cc1ccc(-c2ccccc2)cc1)C(=O)NOCCCCCCNC(=O)CN(CCNCC(=O)O)CCN(CC(=O)O)CC(=O)O. The first kappa shape index (κ1) is 39.8. The van der Waals surface area contributed by atoms with Crippen LogP contribution in [0.2, 0.25) is 0 Å². The van der Waals surface area contributed by atoms with Crippen molar-refractivity contribution in [1.29, 1.82) is 0 Å². The van der Waals surface area contributed by atoms with E-state index in [-0.39, 0.29) is 38.6 Å². The number of hydroxylamine groups is 1. The van der Waals surface area contributed by atoms with Crippen LogP contribution >= 0.6 is 0 Å². The standard InChI is InChI=1S/C33H48N6O9/c34-28(20-25-10-12-27(13-11-25)26-8-4-3-5-9-26)33(47)37-48-19-7-2-1-6-14-36-29(40)22-38(16-15-35-21-30(41)42)17-18-39(23-31(43)44)24-32(45)46/h3-5,8-13,28,35H,1-2,6-7,14-24,34H2,(H,36,40)(H,37,47)(H,41,42)(H,43,44)(H,45,46)/t28-/m1/s1. The molecule has 0 aromatic heterocycles. The van der Waals surface area contributed by atoms with Gasteiger partial charge in [0.2, 0.25) is 5.91 Å². The molecule has 0 aliphatic carbocycles. The van der Waals surface area contributed by atoms with Crippen LogP contribution in [0.15, 0.2) is 54.6 Å². The first-order valence-corrected chi connectivity index (χ1v) is 15.9. The fourth-order valence-corrected chi connectivity index (χ4v) is 4.73. The number of carboxylic acid groups (broad SMARTS) is 3. The van der Waals surface area contributed by atoms with Crippen LogP contribution in [0.4, 0.5) is 0 Å². The second-order valence-corrected chi connectivity index (χ2v) is 11.3. The number of benzene rings is 2. The number of rotatable bonds is 26. The van der Waals surface area contributed by atoms with Gasteiger partial charge in [0.15, 0.2) is 0 Å². The van der Waals surface area contributed by atoms with Crippen molar-refractivity contribution in [3.8, 4) is 11.1 Å². The van der Waals surface area contributed by atoms with Crippen molar-refractivity contribution in [2.24, 2.45) is 5.73 Å². The molecule has 0 spiro atoms. The van der Waals surface area contributed by atoms with Crippen molar-refractivity contribution in [3.63, 3.8) is 0 Å². The zero-order valence-corrected chi connectivity index (χ0v) is 27.1. The van der Waals surface area contributed by atoms with Gasteiger partial charge in [-0.05, 0) is 36.0 Å². The van der Waals surface area contributed by atoms with E-state index >= 15 is 0 Å². The molecule has 1 atom stereocenters. The number of nitrogens with two attached hydrogens (primary N) is 1. The maximum atomic E-state index is 12.5. The van der Waals surface area contributed by atoms with Crippen molar-refractivity contribution < 1.29 is 44.1 Å². The third-order valence-corrected chi connectivity index (χ3v) is 7.22.